The fourth-order valence-corrected chi connectivity index (χ4v) is 4.62. The Morgan fingerprint density at radius 1 is 0.889 bits per heavy atom. The van der Waals surface area contributed by atoms with Crippen molar-refractivity contribution >= 4 is 23.0 Å². The number of fused-ring (bicyclic) bond motifs is 1. The maximum atomic E-state index is 13.5. The zero-order valence-corrected chi connectivity index (χ0v) is 20.7. The molecule has 182 valence electrons. The van der Waals surface area contributed by atoms with E-state index in [0.717, 1.165) is 41.5 Å². The first-order chi connectivity index (χ1) is 17.7. The number of hydrogen-bond donors (Lipinski definition) is 0. The number of rotatable bonds is 7. The topological polar surface area (TPSA) is 66.1 Å². The van der Waals surface area contributed by atoms with E-state index in [4.69, 9.17) is 0 Å². The van der Waals surface area contributed by atoms with Crippen LogP contribution in [0.1, 0.15) is 30.0 Å². The van der Waals surface area contributed by atoms with Crippen molar-refractivity contribution in [2.45, 2.75) is 26.9 Å². The fraction of sp³-hybridized carbons (Fsp3) is 0.241. The highest BCUT2D eigenvalue weighted by atomic mass is 16.2. The normalized spacial score (nSPS) is 13.1. The van der Waals surface area contributed by atoms with Gasteiger partial charge >= 0.3 is 0 Å². The number of hydrogen-bond acceptors (Lipinski definition) is 5. The van der Waals surface area contributed by atoms with Gasteiger partial charge in [-0.25, -0.2) is 4.98 Å². The van der Waals surface area contributed by atoms with Crippen molar-refractivity contribution in [3.63, 3.8) is 0 Å². The Kier molecular flexibility index (Phi) is 6.89. The summed E-state index contributed by atoms with van der Waals surface area (Å²) in [7, 11) is 0. The van der Waals surface area contributed by atoms with Gasteiger partial charge in [0, 0.05) is 31.9 Å². The van der Waals surface area contributed by atoms with Gasteiger partial charge in [-0.15, -0.1) is 5.11 Å². The Morgan fingerprint density at radius 2 is 1.61 bits per heavy atom. The van der Waals surface area contributed by atoms with E-state index < -0.39 is 0 Å². The van der Waals surface area contributed by atoms with E-state index in [9.17, 15) is 4.79 Å². The molecule has 0 bridgehead atoms. The number of azo groups is 1. The smallest absolute Gasteiger partial charge is 0.256 e. The van der Waals surface area contributed by atoms with Crippen LogP contribution in [-0.2, 0) is 13.1 Å². The molecular formula is C29H30N6O. The molecule has 36 heavy (non-hydrogen) atoms. The first-order valence-corrected chi connectivity index (χ1v) is 12.4. The molecule has 0 atom stereocenters. The van der Waals surface area contributed by atoms with Crippen molar-refractivity contribution in [1.29, 1.82) is 0 Å². The minimum absolute atomic E-state index is 0.0584. The predicted molar refractivity (Wildman–Crippen MR) is 143 cm³/mol. The molecule has 0 saturated carbocycles. The van der Waals surface area contributed by atoms with Gasteiger partial charge < -0.3 is 14.4 Å². The summed E-state index contributed by atoms with van der Waals surface area (Å²) in [6.45, 7) is 7.97. The molecule has 5 rings (SSSR count). The van der Waals surface area contributed by atoms with Gasteiger partial charge in [0.2, 0.25) is 0 Å². The van der Waals surface area contributed by atoms with E-state index in [1.54, 1.807) is 0 Å². The van der Waals surface area contributed by atoms with Gasteiger partial charge in [0.05, 0.1) is 35.4 Å². The zero-order chi connectivity index (χ0) is 24.9. The van der Waals surface area contributed by atoms with Crippen LogP contribution in [0.25, 0.3) is 11.3 Å². The number of imidazole rings is 1. The molecule has 7 heteroatoms. The average Bonchev–Trinajstić information content (AvgIpc) is 3.37. The summed E-state index contributed by atoms with van der Waals surface area (Å²) in [5.41, 5.74) is 5.24. The Hall–Kier alpha value is -4.26. The van der Waals surface area contributed by atoms with E-state index >= 15 is 0 Å². The highest BCUT2D eigenvalue weighted by molar-refractivity contribution is 5.99. The van der Waals surface area contributed by atoms with Crippen molar-refractivity contribution in [3.05, 3.63) is 96.4 Å². The van der Waals surface area contributed by atoms with Crippen LogP contribution in [0.2, 0.25) is 0 Å². The molecule has 0 radical (unpaired) electrons. The number of aromatic nitrogens is 2. The Morgan fingerprint density at radius 3 is 2.36 bits per heavy atom. The van der Waals surface area contributed by atoms with Gasteiger partial charge in [0.15, 0.2) is 0 Å². The van der Waals surface area contributed by atoms with Gasteiger partial charge in [-0.2, -0.15) is 5.11 Å². The van der Waals surface area contributed by atoms with Crippen LogP contribution in [0.4, 0.5) is 17.1 Å². The van der Waals surface area contributed by atoms with E-state index in [2.05, 4.69) is 62.8 Å². The van der Waals surface area contributed by atoms with Crippen molar-refractivity contribution in [2.24, 2.45) is 10.2 Å². The number of carbonyl (C=O) groups is 1. The summed E-state index contributed by atoms with van der Waals surface area (Å²) in [5, 5.41) is 8.85. The van der Waals surface area contributed by atoms with Crippen LogP contribution in [0.5, 0.6) is 0 Å². The van der Waals surface area contributed by atoms with Gasteiger partial charge in [0.1, 0.15) is 5.82 Å². The number of nitrogens with zero attached hydrogens (tertiary/aromatic N) is 6. The molecule has 0 fully saturated rings. The number of amides is 1. The van der Waals surface area contributed by atoms with Crippen LogP contribution in [-0.4, -0.2) is 40.0 Å². The number of anilines is 1. The Bertz CT molecular complexity index is 1360. The summed E-state index contributed by atoms with van der Waals surface area (Å²) in [6.07, 6.45) is 1.90. The van der Waals surface area contributed by atoms with Gasteiger partial charge in [-0.1, -0.05) is 42.5 Å². The average molecular weight is 479 g/mol. The first kappa shape index (κ1) is 23.5. The van der Waals surface area contributed by atoms with E-state index in [1.165, 1.54) is 0 Å². The highest BCUT2D eigenvalue weighted by Gasteiger charge is 2.26. The molecule has 3 aromatic carbocycles. The highest BCUT2D eigenvalue weighted by Crippen LogP contribution is 2.28. The summed E-state index contributed by atoms with van der Waals surface area (Å²) in [6, 6.07) is 25.6. The minimum atomic E-state index is -0.0584. The second-order valence-electron chi connectivity index (χ2n) is 8.71. The van der Waals surface area contributed by atoms with E-state index in [-0.39, 0.29) is 5.91 Å². The molecular weight excluding hydrogens is 448 g/mol. The predicted octanol–water partition coefficient (Wildman–Crippen LogP) is 6.47. The zero-order valence-electron chi connectivity index (χ0n) is 20.7. The lowest BCUT2D eigenvalue weighted by Crippen LogP contribution is -2.38. The lowest BCUT2D eigenvalue weighted by molar-refractivity contribution is 0.0709. The molecule has 1 aliphatic rings. The Labute approximate surface area is 211 Å². The summed E-state index contributed by atoms with van der Waals surface area (Å²) in [5.74, 6) is 0.831. The standard InChI is InChI=1S/C29H30N6O/c1-3-33(4-2)24-16-14-23(15-17-24)31-32-26-13-9-8-12-25(26)29(36)34-18-19-35-27(20-30-28(35)21-34)22-10-6-5-7-11-22/h5-17,20H,3-4,18-19,21H2,1-2H3. The molecule has 0 unspecified atom stereocenters. The summed E-state index contributed by atoms with van der Waals surface area (Å²) >= 11 is 0. The van der Waals surface area contributed by atoms with Crippen LogP contribution in [0.15, 0.2) is 95.3 Å². The molecule has 2 heterocycles. The number of carbonyl (C=O) groups excluding carboxylic acids is 1. The second kappa shape index (κ2) is 10.6. The van der Waals surface area contributed by atoms with E-state index in [0.29, 0.717) is 30.9 Å². The molecule has 7 nitrogen and oxygen atoms in total. The van der Waals surface area contributed by atoms with Gasteiger partial charge in [-0.3, -0.25) is 4.79 Å². The molecule has 1 amide bonds. The van der Waals surface area contributed by atoms with Crippen LogP contribution in [0.3, 0.4) is 0 Å². The second-order valence-corrected chi connectivity index (χ2v) is 8.71. The SMILES string of the molecule is CCN(CC)c1ccc(N=Nc2ccccc2C(=O)N2CCn3c(-c4ccccc4)cnc3C2)cc1. The first-order valence-electron chi connectivity index (χ1n) is 12.4. The largest absolute Gasteiger partial charge is 0.372 e. The Balaban J connectivity index is 1.32. The van der Waals surface area contributed by atoms with Gasteiger partial charge in [-0.05, 0) is 55.8 Å². The van der Waals surface area contributed by atoms with Crippen LogP contribution >= 0.6 is 0 Å². The third-order valence-corrected chi connectivity index (χ3v) is 6.61. The monoisotopic (exact) mass is 478 g/mol. The summed E-state index contributed by atoms with van der Waals surface area (Å²) < 4.78 is 2.20. The quantitative estimate of drug-likeness (QED) is 0.286. The molecule has 0 aliphatic carbocycles. The van der Waals surface area contributed by atoms with Crippen LogP contribution in [0, 0.1) is 0 Å². The third kappa shape index (κ3) is 4.77. The number of benzene rings is 3. The molecule has 0 saturated heterocycles. The van der Waals surface area contributed by atoms with Crippen molar-refractivity contribution < 1.29 is 4.79 Å². The molecule has 0 spiro atoms. The maximum Gasteiger partial charge on any atom is 0.256 e. The molecule has 4 aromatic rings. The fourth-order valence-electron chi connectivity index (χ4n) is 4.62. The summed E-state index contributed by atoms with van der Waals surface area (Å²) in [4.78, 5) is 22.2. The lowest BCUT2D eigenvalue weighted by Gasteiger charge is -2.29. The minimum Gasteiger partial charge on any atom is -0.372 e. The maximum absolute atomic E-state index is 13.5. The van der Waals surface area contributed by atoms with Gasteiger partial charge in [0.25, 0.3) is 5.91 Å². The van der Waals surface area contributed by atoms with Crippen molar-refractivity contribution in [1.82, 2.24) is 14.5 Å². The third-order valence-electron chi connectivity index (χ3n) is 6.61. The lowest BCUT2D eigenvalue weighted by atomic mass is 10.1. The van der Waals surface area contributed by atoms with E-state index in [1.807, 2.05) is 65.7 Å². The molecule has 1 aliphatic heterocycles. The van der Waals surface area contributed by atoms with Crippen LogP contribution < -0.4 is 4.90 Å². The molecule has 1 aromatic heterocycles. The van der Waals surface area contributed by atoms with Crippen molar-refractivity contribution in [2.75, 3.05) is 24.5 Å². The van der Waals surface area contributed by atoms with Crippen molar-refractivity contribution in [3.8, 4) is 11.3 Å². The molecule has 0 N–H and O–H groups in total.